The van der Waals surface area contributed by atoms with Crippen LogP contribution in [0.2, 0.25) is 0 Å². The fourth-order valence-electron chi connectivity index (χ4n) is 2.92. The van der Waals surface area contributed by atoms with Crippen LogP contribution >= 0.6 is 0 Å². The maximum atomic E-state index is 2.65. The van der Waals surface area contributed by atoms with Gasteiger partial charge in [0.1, 0.15) is 0 Å². The van der Waals surface area contributed by atoms with Gasteiger partial charge in [-0.2, -0.15) is 0 Å². The number of nitrogens with zero attached hydrogens (tertiary/aromatic N) is 2. The van der Waals surface area contributed by atoms with E-state index in [1.807, 2.05) is 0 Å². The molecule has 0 fully saturated rings. The molecule has 0 aliphatic heterocycles. The fraction of sp³-hybridized carbons (Fsp3) is 0.895. The van der Waals surface area contributed by atoms with Crippen molar-refractivity contribution in [1.29, 1.82) is 0 Å². The van der Waals surface area contributed by atoms with Gasteiger partial charge in [-0.15, -0.1) is 0 Å². The van der Waals surface area contributed by atoms with E-state index in [9.17, 15) is 0 Å². The zero-order valence-electron chi connectivity index (χ0n) is 15.8. The Balaban J connectivity index is 4.76. The Bertz CT molecular complexity index is 269. The van der Waals surface area contributed by atoms with Crippen LogP contribution in [0.1, 0.15) is 80.6 Å². The summed E-state index contributed by atoms with van der Waals surface area (Å²) in [6.07, 6.45) is 8.54. The molecule has 0 aliphatic rings. The zero-order chi connectivity index (χ0) is 16.3. The van der Waals surface area contributed by atoms with Crippen molar-refractivity contribution in [3.05, 3.63) is 11.8 Å². The van der Waals surface area contributed by atoms with Gasteiger partial charge in [0.25, 0.3) is 0 Å². The van der Waals surface area contributed by atoms with E-state index in [-0.39, 0.29) is 5.54 Å². The number of hydrogen-bond donors (Lipinski definition) is 0. The fourth-order valence-corrected chi connectivity index (χ4v) is 2.92. The molecule has 0 heterocycles. The highest BCUT2D eigenvalue weighted by molar-refractivity contribution is 5.02. The molecular formula is C19H40N2. The van der Waals surface area contributed by atoms with E-state index in [4.69, 9.17) is 0 Å². The van der Waals surface area contributed by atoms with Crippen LogP contribution in [0.5, 0.6) is 0 Å². The zero-order valence-corrected chi connectivity index (χ0v) is 15.8. The largest absolute Gasteiger partial charge is 0.375 e. The minimum absolute atomic E-state index is 0.261. The van der Waals surface area contributed by atoms with Crippen LogP contribution in [-0.4, -0.2) is 41.5 Å². The van der Waals surface area contributed by atoms with Gasteiger partial charge in [0.15, 0.2) is 0 Å². The third-order valence-corrected chi connectivity index (χ3v) is 4.23. The lowest BCUT2D eigenvalue weighted by Gasteiger charge is -2.38. The third kappa shape index (κ3) is 7.90. The van der Waals surface area contributed by atoms with Crippen molar-refractivity contribution in [1.82, 2.24) is 9.80 Å². The smallest absolute Gasteiger partial charge is 0.0188 e. The van der Waals surface area contributed by atoms with Gasteiger partial charge in [0, 0.05) is 24.3 Å². The normalized spacial score (nSPS) is 13.0. The van der Waals surface area contributed by atoms with E-state index in [2.05, 4.69) is 64.3 Å². The molecule has 0 aromatic heterocycles. The third-order valence-electron chi connectivity index (χ3n) is 4.23. The second kappa shape index (κ2) is 11.1. The van der Waals surface area contributed by atoms with Crippen LogP contribution in [0.3, 0.4) is 0 Å². The van der Waals surface area contributed by atoms with Gasteiger partial charge in [-0.3, -0.25) is 4.90 Å². The van der Waals surface area contributed by atoms with E-state index in [1.165, 1.54) is 57.6 Å². The first kappa shape index (κ1) is 20.5. The van der Waals surface area contributed by atoms with Gasteiger partial charge in [-0.25, -0.2) is 0 Å². The topological polar surface area (TPSA) is 6.48 Å². The van der Waals surface area contributed by atoms with Crippen molar-refractivity contribution in [2.45, 2.75) is 86.1 Å². The average molecular weight is 297 g/mol. The summed E-state index contributed by atoms with van der Waals surface area (Å²) in [6.45, 7) is 21.0. The summed E-state index contributed by atoms with van der Waals surface area (Å²) in [4.78, 5) is 5.20. The minimum Gasteiger partial charge on any atom is -0.375 e. The van der Waals surface area contributed by atoms with Crippen LogP contribution in [0, 0.1) is 0 Å². The van der Waals surface area contributed by atoms with Gasteiger partial charge < -0.3 is 4.90 Å². The van der Waals surface area contributed by atoms with Crippen LogP contribution in [-0.2, 0) is 0 Å². The quantitative estimate of drug-likeness (QED) is 0.482. The first-order valence-electron chi connectivity index (χ1n) is 9.09. The van der Waals surface area contributed by atoms with Gasteiger partial charge >= 0.3 is 0 Å². The summed E-state index contributed by atoms with van der Waals surface area (Å²) in [7, 11) is 0. The van der Waals surface area contributed by atoms with Crippen molar-refractivity contribution >= 4 is 0 Å². The average Bonchev–Trinajstić information content (AvgIpc) is 2.44. The molecule has 2 heteroatoms. The lowest BCUT2D eigenvalue weighted by atomic mass is 9.96. The Morgan fingerprint density at radius 2 is 1.24 bits per heavy atom. The van der Waals surface area contributed by atoms with E-state index in [1.54, 1.807) is 0 Å². The van der Waals surface area contributed by atoms with Crippen molar-refractivity contribution in [2.24, 2.45) is 0 Å². The molecule has 0 aromatic rings. The summed E-state index contributed by atoms with van der Waals surface area (Å²) >= 11 is 0. The lowest BCUT2D eigenvalue weighted by molar-refractivity contribution is 0.121. The lowest BCUT2D eigenvalue weighted by Crippen LogP contribution is -2.44. The number of hydrogen-bond acceptors (Lipinski definition) is 2. The first-order chi connectivity index (χ1) is 9.92. The molecule has 0 N–H and O–H groups in total. The maximum Gasteiger partial charge on any atom is 0.0188 e. The first-order valence-corrected chi connectivity index (χ1v) is 9.09. The van der Waals surface area contributed by atoms with Crippen molar-refractivity contribution < 1.29 is 0 Å². The SMILES string of the molecule is CCCN(CCC)/C(C)=C/CC(C)(C)N(CCC)CCC. The van der Waals surface area contributed by atoms with Gasteiger partial charge in [-0.1, -0.05) is 33.8 Å². The highest BCUT2D eigenvalue weighted by Gasteiger charge is 2.24. The molecule has 21 heavy (non-hydrogen) atoms. The Morgan fingerprint density at radius 3 is 1.62 bits per heavy atom. The molecule has 0 unspecified atom stereocenters. The van der Waals surface area contributed by atoms with Crippen molar-refractivity contribution in [3.63, 3.8) is 0 Å². The molecule has 0 atom stereocenters. The molecule has 0 amide bonds. The maximum absolute atomic E-state index is 2.65. The van der Waals surface area contributed by atoms with Crippen LogP contribution in [0.25, 0.3) is 0 Å². The molecular weight excluding hydrogens is 256 g/mol. The van der Waals surface area contributed by atoms with E-state index in [0.29, 0.717) is 0 Å². The molecule has 0 bridgehead atoms. The summed E-state index contributed by atoms with van der Waals surface area (Å²) in [5, 5.41) is 0. The molecule has 0 aliphatic carbocycles. The highest BCUT2D eigenvalue weighted by Crippen LogP contribution is 2.22. The second-order valence-electron chi connectivity index (χ2n) is 6.84. The Kier molecular flexibility index (Phi) is 10.9. The second-order valence-corrected chi connectivity index (χ2v) is 6.84. The molecule has 0 aromatic carbocycles. The van der Waals surface area contributed by atoms with Crippen molar-refractivity contribution in [3.8, 4) is 0 Å². The van der Waals surface area contributed by atoms with Gasteiger partial charge in [-0.05, 0) is 66.0 Å². The van der Waals surface area contributed by atoms with Gasteiger partial charge in [0.2, 0.25) is 0 Å². The highest BCUT2D eigenvalue weighted by atomic mass is 15.2. The molecule has 0 radical (unpaired) electrons. The standard InChI is InChI=1S/C19H40N2/c1-8-14-20(15-9-2)18(5)12-13-19(6,7)21(16-10-3)17-11-4/h12H,8-11,13-17H2,1-7H3/b18-12+. The van der Waals surface area contributed by atoms with Crippen LogP contribution in [0.15, 0.2) is 11.8 Å². The van der Waals surface area contributed by atoms with Gasteiger partial charge in [0.05, 0.1) is 0 Å². The molecule has 2 nitrogen and oxygen atoms in total. The minimum atomic E-state index is 0.261. The van der Waals surface area contributed by atoms with Crippen LogP contribution < -0.4 is 0 Å². The summed E-state index contributed by atoms with van der Waals surface area (Å²) in [6, 6.07) is 0. The number of allylic oxidation sites excluding steroid dienone is 1. The summed E-state index contributed by atoms with van der Waals surface area (Å²) in [5.41, 5.74) is 1.72. The van der Waals surface area contributed by atoms with E-state index in [0.717, 1.165) is 6.42 Å². The Hall–Kier alpha value is -0.500. The molecule has 0 rings (SSSR count). The predicted molar refractivity (Wildman–Crippen MR) is 96.8 cm³/mol. The summed E-state index contributed by atoms with van der Waals surface area (Å²) < 4.78 is 0. The molecule has 0 saturated heterocycles. The molecule has 0 saturated carbocycles. The van der Waals surface area contributed by atoms with E-state index >= 15 is 0 Å². The number of rotatable bonds is 12. The molecule has 0 spiro atoms. The monoisotopic (exact) mass is 296 g/mol. The Morgan fingerprint density at radius 1 is 0.810 bits per heavy atom. The van der Waals surface area contributed by atoms with E-state index < -0.39 is 0 Å². The molecule has 126 valence electrons. The predicted octanol–water partition coefficient (Wildman–Crippen LogP) is 5.30. The van der Waals surface area contributed by atoms with Crippen LogP contribution in [0.4, 0.5) is 0 Å². The summed E-state index contributed by atoms with van der Waals surface area (Å²) in [5.74, 6) is 0. The van der Waals surface area contributed by atoms with Crippen molar-refractivity contribution in [2.75, 3.05) is 26.2 Å². The Labute approximate surface area is 134 Å².